The highest BCUT2D eigenvalue weighted by molar-refractivity contribution is 7.99. The normalized spacial score (nSPS) is 22.3. The van der Waals surface area contributed by atoms with Crippen LogP contribution in [0.1, 0.15) is 49.7 Å². The maximum Gasteiger partial charge on any atom is 0.315 e. The van der Waals surface area contributed by atoms with Crippen molar-refractivity contribution in [2.75, 3.05) is 18.1 Å². The van der Waals surface area contributed by atoms with Gasteiger partial charge in [-0.15, -0.1) is 0 Å². The number of halogens is 2. The minimum atomic E-state index is -0.835. The van der Waals surface area contributed by atoms with Gasteiger partial charge in [0.1, 0.15) is 18.3 Å². The van der Waals surface area contributed by atoms with Crippen LogP contribution in [0.4, 0.5) is 4.39 Å². The van der Waals surface area contributed by atoms with Gasteiger partial charge in [-0.1, -0.05) is 48.9 Å². The Morgan fingerprint density at radius 2 is 1.91 bits per heavy atom. The van der Waals surface area contributed by atoms with Crippen LogP contribution in [0.2, 0.25) is 5.02 Å². The third kappa shape index (κ3) is 5.13. The van der Waals surface area contributed by atoms with Crippen molar-refractivity contribution in [3.05, 3.63) is 81.8 Å². The molecule has 0 saturated heterocycles. The van der Waals surface area contributed by atoms with Crippen LogP contribution in [0.3, 0.4) is 0 Å². The van der Waals surface area contributed by atoms with Gasteiger partial charge in [-0.25, -0.2) is 4.39 Å². The van der Waals surface area contributed by atoms with E-state index < -0.39 is 23.6 Å². The van der Waals surface area contributed by atoms with Crippen LogP contribution in [-0.2, 0) is 14.3 Å². The average Bonchev–Trinajstić information content (AvgIpc) is 2.81. The van der Waals surface area contributed by atoms with Crippen molar-refractivity contribution in [3.8, 4) is 0 Å². The molecule has 1 aliphatic carbocycles. The number of nitrogens with zero attached hydrogens (tertiary/aromatic N) is 1. The summed E-state index contributed by atoms with van der Waals surface area (Å²) in [5.74, 6) is -1.03. The number of ketones is 1. The number of esters is 1. The van der Waals surface area contributed by atoms with Crippen molar-refractivity contribution in [2.45, 2.75) is 38.5 Å². The Labute approximate surface area is 208 Å². The quantitative estimate of drug-likeness (QED) is 0.329. The van der Waals surface area contributed by atoms with E-state index in [-0.39, 0.29) is 24.7 Å². The van der Waals surface area contributed by atoms with E-state index in [1.807, 2.05) is 31.2 Å². The minimum absolute atomic E-state index is 0.0455. The molecule has 0 N–H and O–H groups in total. The fourth-order valence-corrected chi connectivity index (χ4v) is 5.45. The van der Waals surface area contributed by atoms with Crippen LogP contribution in [0.25, 0.3) is 0 Å². The minimum Gasteiger partial charge on any atom is -0.464 e. The molecule has 178 valence electrons. The lowest BCUT2D eigenvalue weighted by Gasteiger charge is -2.36. The van der Waals surface area contributed by atoms with Crippen molar-refractivity contribution >= 4 is 40.8 Å². The summed E-state index contributed by atoms with van der Waals surface area (Å²) in [5, 5.41) is 0.635. The highest BCUT2D eigenvalue weighted by Crippen LogP contribution is 2.47. The molecule has 7 heteroatoms. The number of Topliss-reactive ketones (excluding diaryl/α,β-unsaturated/α-hetero) is 1. The predicted molar refractivity (Wildman–Crippen MR) is 135 cm³/mol. The first-order chi connectivity index (χ1) is 16.4. The second kappa shape index (κ2) is 10.9. The SMILES string of the molecule is CCSCCOC(=O)C1C(C)=NC2=C(C(=O)C[C@H](c3ccc(Cl)cc3)C2)[C@@H]1c1ccccc1F. The van der Waals surface area contributed by atoms with Gasteiger partial charge >= 0.3 is 5.97 Å². The van der Waals surface area contributed by atoms with Crippen molar-refractivity contribution in [2.24, 2.45) is 10.9 Å². The van der Waals surface area contributed by atoms with Crippen LogP contribution in [0, 0.1) is 11.7 Å². The summed E-state index contributed by atoms with van der Waals surface area (Å²) in [6.07, 6.45) is 0.814. The van der Waals surface area contributed by atoms with Gasteiger partial charge < -0.3 is 4.74 Å². The van der Waals surface area contributed by atoms with Gasteiger partial charge in [0.15, 0.2) is 5.78 Å². The van der Waals surface area contributed by atoms with Gasteiger partial charge in [0.05, 0.1) is 0 Å². The van der Waals surface area contributed by atoms with E-state index in [2.05, 4.69) is 0 Å². The standard InChI is InChI=1S/C27H27ClFNO3S/c1-3-34-13-12-33-27(32)24-16(2)30-22-14-18(17-8-10-19(28)11-9-17)15-23(31)26(22)25(24)20-6-4-5-7-21(20)29/h4-11,18,24-25H,3,12-15H2,1-2H3/t18-,24?,25-/m1/s1. The second-order valence-corrected chi connectivity index (χ2v) is 10.4. The lowest BCUT2D eigenvalue weighted by atomic mass is 9.69. The topological polar surface area (TPSA) is 55.7 Å². The molecule has 0 amide bonds. The Balaban J connectivity index is 1.72. The fraction of sp³-hybridized carbons (Fsp3) is 0.370. The third-order valence-electron chi connectivity index (χ3n) is 6.40. The summed E-state index contributed by atoms with van der Waals surface area (Å²) < 4.78 is 20.6. The molecule has 2 aromatic carbocycles. The lowest BCUT2D eigenvalue weighted by molar-refractivity contribution is -0.145. The van der Waals surface area contributed by atoms with Gasteiger partial charge in [0.25, 0.3) is 0 Å². The molecule has 0 saturated carbocycles. The zero-order valence-electron chi connectivity index (χ0n) is 19.2. The molecule has 2 aliphatic rings. The largest absolute Gasteiger partial charge is 0.464 e. The summed E-state index contributed by atoms with van der Waals surface area (Å²) in [6, 6.07) is 13.8. The number of aliphatic imine (C=N–C) groups is 1. The third-order valence-corrected chi connectivity index (χ3v) is 7.52. The average molecular weight is 500 g/mol. The van der Waals surface area contributed by atoms with Crippen molar-refractivity contribution in [1.82, 2.24) is 0 Å². The molecule has 4 nitrogen and oxygen atoms in total. The van der Waals surface area contributed by atoms with E-state index in [0.717, 1.165) is 11.3 Å². The van der Waals surface area contributed by atoms with Crippen LogP contribution in [0.5, 0.6) is 0 Å². The molecule has 3 atom stereocenters. The molecule has 2 aromatic rings. The number of allylic oxidation sites excluding steroid dienone is 2. The summed E-state index contributed by atoms with van der Waals surface area (Å²) in [7, 11) is 0. The molecule has 1 aliphatic heterocycles. The zero-order chi connectivity index (χ0) is 24.2. The Morgan fingerprint density at radius 1 is 1.18 bits per heavy atom. The first-order valence-electron chi connectivity index (χ1n) is 11.5. The summed E-state index contributed by atoms with van der Waals surface area (Å²) in [6.45, 7) is 4.07. The van der Waals surface area contributed by atoms with Gasteiger partial charge in [-0.05, 0) is 54.3 Å². The Morgan fingerprint density at radius 3 is 2.62 bits per heavy atom. The zero-order valence-corrected chi connectivity index (χ0v) is 20.8. The predicted octanol–water partition coefficient (Wildman–Crippen LogP) is 6.35. The number of carbonyl (C=O) groups is 2. The van der Waals surface area contributed by atoms with E-state index in [0.29, 0.717) is 39.7 Å². The molecule has 0 fully saturated rings. The lowest BCUT2D eigenvalue weighted by Crippen LogP contribution is -2.38. The number of benzene rings is 2. The first kappa shape index (κ1) is 24.7. The van der Waals surface area contributed by atoms with E-state index in [1.54, 1.807) is 36.9 Å². The smallest absolute Gasteiger partial charge is 0.315 e. The fourth-order valence-electron chi connectivity index (χ4n) is 4.83. The summed E-state index contributed by atoms with van der Waals surface area (Å²) in [4.78, 5) is 31.4. The monoisotopic (exact) mass is 499 g/mol. The molecule has 34 heavy (non-hydrogen) atoms. The van der Waals surface area contributed by atoms with Gasteiger partial charge in [0.2, 0.25) is 0 Å². The van der Waals surface area contributed by atoms with E-state index in [9.17, 15) is 9.59 Å². The number of rotatable bonds is 7. The van der Waals surface area contributed by atoms with Crippen molar-refractivity contribution in [3.63, 3.8) is 0 Å². The molecule has 0 radical (unpaired) electrons. The molecule has 1 unspecified atom stereocenters. The van der Waals surface area contributed by atoms with Crippen molar-refractivity contribution in [1.29, 1.82) is 0 Å². The van der Waals surface area contributed by atoms with Gasteiger partial charge in [0, 0.05) is 40.1 Å². The van der Waals surface area contributed by atoms with Crippen LogP contribution in [-0.4, -0.2) is 35.6 Å². The van der Waals surface area contributed by atoms with Crippen LogP contribution < -0.4 is 0 Å². The second-order valence-electron chi connectivity index (χ2n) is 8.53. The molecular weight excluding hydrogens is 473 g/mol. The molecular formula is C27H27ClFNO3S. The molecule has 0 bridgehead atoms. The maximum atomic E-state index is 15.0. The van der Waals surface area contributed by atoms with Crippen LogP contribution in [0.15, 0.2) is 64.8 Å². The molecule has 0 aromatic heterocycles. The number of thioether (sulfide) groups is 1. The molecule has 4 rings (SSSR count). The number of hydrogen-bond acceptors (Lipinski definition) is 5. The van der Waals surface area contributed by atoms with Crippen molar-refractivity contribution < 1.29 is 18.7 Å². The molecule has 0 spiro atoms. The maximum absolute atomic E-state index is 15.0. The summed E-state index contributed by atoms with van der Waals surface area (Å²) >= 11 is 7.71. The number of hydrogen-bond donors (Lipinski definition) is 0. The summed E-state index contributed by atoms with van der Waals surface area (Å²) in [5.41, 5.74) is 2.95. The number of ether oxygens (including phenoxy) is 1. The Kier molecular flexibility index (Phi) is 7.89. The highest BCUT2D eigenvalue weighted by Gasteiger charge is 2.45. The number of carbonyl (C=O) groups excluding carboxylic acids is 2. The Bertz CT molecular complexity index is 1140. The van der Waals surface area contributed by atoms with Crippen LogP contribution >= 0.6 is 23.4 Å². The molecule has 1 heterocycles. The highest BCUT2D eigenvalue weighted by atomic mass is 35.5. The van der Waals surface area contributed by atoms with Gasteiger partial charge in [-0.2, -0.15) is 11.8 Å². The Hall–Kier alpha value is -2.44. The first-order valence-corrected chi connectivity index (χ1v) is 13.0. The van der Waals surface area contributed by atoms with E-state index in [4.69, 9.17) is 21.3 Å². The van der Waals surface area contributed by atoms with Gasteiger partial charge in [-0.3, -0.25) is 14.6 Å². The van der Waals surface area contributed by atoms with E-state index in [1.165, 1.54) is 6.07 Å². The van der Waals surface area contributed by atoms with E-state index >= 15 is 4.39 Å².